The van der Waals surface area contributed by atoms with Crippen molar-refractivity contribution < 1.29 is 14.3 Å². The number of hydrogen-bond donors (Lipinski definition) is 0. The minimum absolute atomic E-state index is 0.0147. The lowest BCUT2D eigenvalue weighted by atomic mass is 9.44. The van der Waals surface area contributed by atoms with Gasteiger partial charge in [0.15, 0.2) is 0 Å². The summed E-state index contributed by atoms with van der Waals surface area (Å²) < 4.78 is 5.86. The average molecular weight is 344 g/mol. The molecule has 1 aliphatic heterocycles. The number of hydrogen-bond acceptors (Lipinski definition) is 3. The summed E-state index contributed by atoms with van der Waals surface area (Å²) in [4.78, 5) is 25.0. The van der Waals surface area contributed by atoms with Crippen LogP contribution in [-0.2, 0) is 14.3 Å². The van der Waals surface area contributed by atoms with Crippen molar-refractivity contribution in [3.63, 3.8) is 0 Å². The first-order valence-electron chi connectivity index (χ1n) is 10.5. The molecule has 0 spiro atoms. The van der Waals surface area contributed by atoms with Crippen molar-refractivity contribution >= 4 is 11.6 Å². The standard InChI is InChI=1S/C22H32O3/c1-20-8-6-13(23)10-17(20)18(24)11-14-15-4-5-19(22(3)12-25-22)21(15,2)9-7-16(14)20/h14-17,19H,4-12H2,1-3H3/t14-,15-,16-,17-,19-,20+,21-,22-/m0/s1. The van der Waals surface area contributed by atoms with E-state index >= 15 is 0 Å². The van der Waals surface area contributed by atoms with Gasteiger partial charge in [0.25, 0.3) is 0 Å². The van der Waals surface area contributed by atoms with Crippen LogP contribution in [0, 0.1) is 40.4 Å². The molecule has 4 saturated carbocycles. The third-order valence-electron chi connectivity index (χ3n) is 9.62. The Morgan fingerprint density at radius 1 is 0.920 bits per heavy atom. The van der Waals surface area contributed by atoms with Crippen molar-refractivity contribution in [2.24, 2.45) is 40.4 Å². The fourth-order valence-corrected chi connectivity index (χ4v) is 8.15. The molecule has 0 aromatic rings. The van der Waals surface area contributed by atoms with Crippen molar-refractivity contribution in [1.82, 2.24) is 0 Å². The van der Waals surface area contributed by atoms with Crippen molar-refractivity contribution in [2.75, 3.05) is 6.61 Å². The van der Waals surface area contributed by atoms with Gasteiger partial charge in [-0.1, -0.05) is 13.8 Å². The van der Waals surface area contributed by atoms with Gasteiger partial charge in [0.05, 0.1) is 12.2 Å². The van der Waals surface area contributed by atoms with Gasteiger partial charge in [-0.15, -0.1) is 0 Å². The van der Waals surface area contributed by atoms with E-state index in [1.54, 1.807) is 0 Å². The van der Waals surface area contributed by atoms with E-state index in [1.165, 1.54) is 25.7 Å². The van der Waals surface area contributed by atoms with Crippen LogP contribution >= 0.6 is 0 Å². The van der Waals surface area contributed by atoms with Gasteiger partial charge < -0.3 is 4.74 Å². The van der Waals surface area contributed by atoms with Crippen LogP contribution in [0.1, 0.15) is 72.1 Å². The van der Waals surface area contributed by atoms with E-state index in [1.807, 2.05) is 0 Å². The molecular formula is C22H32O3. The number of ether oxygens (including phenoxy) is 1. The highest BCUT2D eigenvalue weighted by molar-refractivity contribution is 5.90. The molecule has 0 aromatic carbocycles. The maximum absolute atomic E-state index is 13.0. The molecule has 3 nitrogen and oxygen atoms in total. The number of carbonyl (C=O) groups excluding carboxylic acids is 2. The van der Waals surface area contributed by atoms with Crippen LogP contribution in [-0.4, -0.2) is 23.8 Å². The molecule has 1 saturated heterocycles. The summed E-state index contributed by atoms with van der Waals surface area (Å²) in [5.41, 5.74) is 0.534. The van der Waals surface area contributed by atoms with Gasteiger partial charge in [0.2, 0.25) is 0 Å². The SMILES string of the molecule is C[C@]12CCC(=O)C[C@H]1C(=O)C[C@@H]1[C@@H]2CC[C@@]2(C)[C@H]1CC[C@@H]2[C@]1(C)CO1. The van der Waals surface area contributed by atoms with Crippen molar-refractivity contribution in [3.8, 4) is 0 Å². The number of epoxide rings is 1. The zero-order chi connectivity index (χ0) is 17.6. The van der Waals surface area contributed by atoms with Crippen molar-refractivity contribution in [2.45, 2.75) is 77.7 Å². The highest BCUT2D eigenvalue weighted by atomic mass is 16.6. The van der Waals surface area contributed by atoms with Gasteiger partial charge in [-0.3, -0.25) is 9.59 Å². The smallest absolute Gasteiger partial charge is 0.137 e. The van der Waals surface area contributed by atoms with Gasteiger partial charge in [0.1, 0.15) is 11.6 Å². The monoisotopic (exact) mass is 344 g/mol. The van der Waals surface area contributed by atoms with E-state index in [9.17, 15) is 9.59 Å². The fraction of sp³-hybridized carbons (Fsp3) is 0.909. The minimum atomic E-state index is 0.0147. The Labute approximate surface area is 151 Å². The second-order valence-corrected chi connectivity index (χ2v) is 10.6. The molecule has 5 aliphatic rings. The zero-order valence-corrected chi connectivity index (χ0v) is 16.0. The maximum Gasteiger partial charge on any atom is 0.137 e. The number of fused-ring (bicyclic) bond motifs is 5. The van der Waals surface area contributed by atoms with Crippen molar-refractivity contribution in [3.05, 3.63) is 0 Å². The Balaban J connectivity index is 1.48. The third kappa shape index (κ3) is 2.08. The van der Waals surface area contributed by atoms with Crippen LogP contribution in [0.2, 0.25) is 0 Å². The zero-order valence-electron chi connectivity index (χ0n) is 16.0. The normalized spacial score (nSPS) is 57.6. The van der Waals surface area contributed by atoms with E-state index in [-0.39, 0.29) is 16.9 Å². The lowest BCUT2D eigenvalue weighted by Crippen LogP contribution is -2.57. The number of carbonyl (C=O) groups is 2. The van der Waals surface area contributed by atoms with Crippen molar-refractivity contribution in [1.29, 1.82) is 0 Å². The topological polar surface area (TPSA) is 46.7 Å². The molecule has 0 unspecified atom stereocenters. The molecule has 0 aromatic heterocycles. The van der Waals surface area contributed by atoms with E-state index in [4.69, 9.17) is 4.74 Å². The van der Waals surface area contributed by atoms with Crippen LogP contribution in [0.3, 0.4) is 0 Å². The molecular weight excluding hydrogens is 312 g/mol. The molecule has 0 N–H and O–H groups in total. The first-order valence-corrected chi connectivity index (χ1v) is 10.5. The van der Waals surface area contributed by atoms with E-state index in [0.29, 0.717) is 53.5 Å². The first-order chi connectivity index (χ1) is 11.8. The van der Waals surface area contributed by atoms with Gasteiger partial charge in [0, 0.05) is 25.2 Å². The van der Waals surface area contributed by atoms with E-state index < -0.39 is 0 Å². The molecule has 5 fully saturated rings. The van der Waals surface area contributed by atoms with Gasteiger partial charge in [-0.25, -0.2) is 0 Å². The molecule has 3 heteroatoms. The second kappa shape index (κ2) is 4.97. The molecule has 25 heavy (non-hydrogen) atoms. The Hall–Kier alpha value is -0.700. The first kappa shape index (κ1) is 16.5. The van der Waals surface area contributed by atoms with Gasteiger partial charge in [-0.2, -0.15) is 0 Å². The summed E-state index contributed by atoms with van der Waals surface area (Å²) in [7, 11) is 0. The second-order valence-electron chi connectivity index (χ2n) is 10.6. The lowest BCUT2D eigenvalue weighted by Gasteiger charge is -2.59. The molecule has 138 valence electrons. The van der Waals surface area contributed by atoms with Gasteiger partial charge >= 0.3 is 0 Å². The van der Waals surface area contributed by atoms with Crippen LogP contribution in [0.5, 0.6) is 0 Å². The highest BCUT2D eigenvalue weighted by Gasteiger charge is 2.66. The highest BCUT2D eigenvalue weighted by Crippen LogP contribution is 2.69. The largest absolute Gasteiger partial charge is 0.370 e. The number of ketones is 2. The molecule has 1 heterocycles. The fourth-order valence-electron chi connectivity index (χ4n) is 8.15. The lowest BCUT2D eigenvalue weighted by molar-refractivity contribution is -0.159. The molecule has 0 radical (unpaired) electrons. The third-order valence-corrected chi connectivity index (χ3v) is 9.62. The maximum atomic E-state index is 13.0. The summed E-state index contributed by atoms with van der Waals surface area (Å²) in [5, 5.41) is 0. The predicted octanol–water partition coefficient (Wildman–Crippen LogP) is 4.18. The summed E-state index contributed by atoms with van der Waals surface area (Å²) in [6, 6.07) is 0. The molecule has 0 bridgehead atoms. The summed E-state index contributed by atoms with van der Waals surface area (Å²) in [6.45, 7) is 8.07. The Bertz CT molecular complexity index is 635. The summed E-state index contributed by atoms with van der Waals surface area (Å²) in [6.07, 6.45) is 7.97. The molecule has 0 amide bonds. The van der Waals surface area contributed by atoms with Crippen LogP contribution < -0.4 is 0 Å². The Kier molecular flexibility index (Phi) is 3.27. The Morgan fingerprint density at radius 2 is 1.64 bits per heavy atom. The quantitative estimate of drug-likeness (QED) is 0.670. The van der Waals surface area contributed by atoms with Crippen LogP contribution in [0.25, 0.3) is 0 Å². The predicted molar refractivity (Wildman–Crippen MR) is 95.0 cm³/mol. The van der Waals surface area contributed by atoms with E-state index in [2.05, 4.69) is 20.8 Å². The Morgan fingerprint density at radius 3 is 2.36 bits per heavy atom. The van der Waals surface area contributed by atoms with Crippen LogP contribution in [0.4, 0.5) is 0 Å². The summed E-state index contributed by atoms with van der Waals surface area (Å²) >= 11 is 0. The number of rotatable bonds is 1. The van der Waals surface area contributed by atoms with E-state index in [0.717, 1.165) is 19.4 Å². The molecule has 4 aliphatic carbocycles. The number of Topliss-reactive ketones (excluding diaryl/α,β-unsaturated/α-hetero) is 2. The average Bonchev–Trinajstić information content (AvgIpc) is 3.18. The summed E-state index contributed by atoms with van der Waals surface area (Å²) in [5.74, 6) is 3.27. The van der Waals surface area contributed by atoms with Gasteiger partial charge in [-0.05, 0) is 73.5 Å². The molecule has 8 atom stereocenters. The minimum Gasteiger partial charge on any atom is -0.370 e. The van der Waals surface area contributed by atoms with Crippen LogP contribution in [0.15, 0.2) is 0 Å². The molecule has 5 rings (SSSR count).